The molecule has 1 rings (SSSR count). The predicted molar refractivity (Wildman–Crippen MR) is 75.2 cm³/mol. The summed E-state index contributed by atoms with van der Waals surface area (Å²) in [6.45, 7) is 4.17. The van der Waals surface area contributed by atoms with E-state index in [0.717, 1.165) is 6.42 Å². The molecule has 0 aliphatic carbocycles. The first-order valence-electron chi connectivity index (χ1n) is 6.16. The normalized spacial score (nSPS) is 11.8. The van der Waals surface area contributed by atoms with E-state index in [1.165, 1.54) is 23.8 Å². The highest BCUT2D eigenvalue weighted by molar-refractivity contribution is 5.71. The van der Waals surface area contributed by atoms with Crippen LogP contribution in [-0.4, -0.2) is 13.1 Å². The molecule has 0 atom stereocenters. The zero-order chi connectivity index (χ0) is 13.4. The summed E-state index contributed by atoms with van der Waals surface area (Å²) >= 11 is 0. The summed E-state index contributed by atoms with van der Waals surface area (Å²) in [6.07, 6.45) is 7.21. The molecule has 0 heterocycles. The van der Waals surface area contributed by atoms with Crippen molar-refractivity contribution in [2.45, 2.75) is 26.7 Å². The van der Waals surface area contributed by atoms with Gasteiger partial charge < -0.3 is 4.74 Å². The number of hydrogen-bond donors (Lipinski definition) is 0. The number of hydrogen-bond acceptors (Lipinski definition) is 2. The number of esters is 1. The Balaban J connectivity index is 2.70. The molecule has 0 aliphatic heterocycles. The van der Waals surface area contributed by atoms with Crippen LogP contribution in [-0.2, 0) is 9.53 Å². The molecule has 0 N–H and O–H groups in total. The van der Waals surface area contributed by atoms with Gasteiger partial charge in [-0.15, -0.1) is 0 Å². The van der Waals surface area contributed by atoms with Crippen molar-refractivity contribution in [1.29, 1.82) is 0 Å². The predicted octanol–water partition coefficient (Wildman–Crippen LogP) is 3.91. The van der Waals surface area contributed by atoms with Crippen LogP contribution < -0.4 is 0 Å². The van der Waals surface area contributed by atoms with Gasteiger partial charge in [0.25, 0.3) is 0 Å². The molecule has 0 spiro atoms. The molecule has 0 fully saturated rings. The summed E-state index contributed by atoms with van der Waals surface area (Å²) < 4.78 is 4.59. The number of rotatable bonds is 5. The van der Waals surface area contributed by atoms with E-state index in [0.29, 0.717) is 6.42 Å². The first-order chi connectivity index (χ1) is 8.65. The SMILES string of the molecule is CCC(/C=C/CC(=O)OC)=C\c1ccc(C)cc1. The van der Waals surface area contributed by atoms with Crippen LogP contribution in [0.1, 0.15) is 30.9 Å². The maximum atomic E-state index is 11.0. The molecule has 0 aromatic heterocycles. The number of methoxy groups -OCH3 is 1. The Morgan fingerprint density at radius 2 is 1.94 bits per heavy atom. The molecular formula is C16H20O2. The van der Waals surface area contributed by atoms with Gasteiger partial charge in [-0.1, -0.05) is 55.0 Å². The number of carbonyl (C=O) groups excluding carboxylic acids is 1. The quantitative estimate of drug-likeness (QED) is 0.580. The van der Waals surface area contributed by atoms with E-state index >= 15 is 0 Å². The lowest BCUT2D eigenvalue weighted by Gasteiger charge is -2.00. The Bertz CT molecular complexity index is 439. The third-order valence-corrected chi connectivity index (χ3v) is 2.68. The van der Waals surface area contributed by atoms with E-state index in [9.17, 15) is 4.79 Å². The molecule has 2 heteroatoms. The van der Waals surface area contributed by atoms with Crippen LogP contribution in [0.5, 0.6) is 0 Å². The van der Waals surface area contributed by atoms with Crippen molar-refractivity contribution in [3.8, 4) is 0 Å². The molecule has 0 unspecified atom stereocenters. The number of benzene rings is 1. The van der Waals surface area contributed by atoms with Gasteiger partial charge in [0.15, 0.2) is 0 Å². The third-order valence-electron chi connectivity index (χ3n) is 2.68. The van der Waals surface area contributed by atoms with Gasteiger partial charge in [-0.25, -0.2) is 0 Å². The maximum Gasteiger partial charge on any atom is 0.309 e. The van der Waals surface area contributed by atoms with Gasteiger partial charge in [0.2, 0.25) is 0 Å². The molecular weight excluding hydrogens is 224 g/mol. The van der Waals surface area contributed by atoms with Crippen LogP contribution in [0.25, 0.3) is 6.08 Å². The number of carbonyl (C=O) groups is 1. The average molecular weight is 244 g/mol. The van der Waals surface area contributed by atoms with E-state index < -0.39 is 0 Å². The fourth-order valence-corrected chi connectivity index (χ4v) is 1.53. The Hall–Kier alpha value is -1.83. The summed E-state index contributed by atoms with van der Waals surface area (Å²) in [6, 6.07) is 8.38. The lowest BCUT2D eigenvalue weighted by molar-refractivity contribution is -0.139. The fourth-order valence-electron chi connectivity index (χ4n) is 1.53. The van der Waals surface area contributed by atoms with Crippen LogP contribution in [0.2, 0.25) is 0 Å². The molecule has 18 heavy (non-hydrogen) atoms. The van der Waals surface area contributed by atoms with Crippen LogP contribution in [0.3, 0.4) is 0 Å². The van der Waals surface area contributed by atoms with Crippen LogP contribution in [0.4, 0.5) is 0 Å². The van der Waals surface area contributed by atoms with Gasteiger partial charge in [-0.3, -0.25) is 4.79 Å². The second kappa shape index (κ2) is 7.49. The molecule has 0 amide bonds. The summed E-state index contributed by atoms with van der Waals surface area (Å²) in [5.74, 6) is -0.211. The summed E-state index contributed by atoms with van der Waals surface area (Å²) in [5.41, 5.74) is 3.63. The van der Waals surface area contributed by atoms with Crippen molar-refractivity contribution >= 4 is 12.0 Å². The lowest BCUT2D eigenvalue weighted by atomic mass is 10.1. The molecule has 1 aromatic carbocycles. The zero-order valence-electron chi connectivity index (χ0n) is 11.3. The summed E-state index contributed by atoms with van der Waals surface area (Å²) in [5, 5.41) is 0. The van der Waals surface area contributed by atoms with Crippen molar-refractivity contribution in [1.82, 2.24) is 0 Å². The third kappa shape index (κ3) is 5.00. The van der Waals surface area contributed by atoms with Crippen LogP contribution >= 0.6 is 0 Å². The van der Waals surface area contributed by atoms with Gasteiger partial charge >= 0.3 is 5.97 Å². The summed E-state index contributed by atoms with van der Waals surface area (Å²) in [4.78, 5) is 11.0. The van der Waals surface area contributed by atoms with Crippen LogP contribution in [0, 0.1) is 6.92 Å². The number of allylic oxidation sites excluding steroid dienone is 2. The number of ether oxygens (including phenoxy) is 1. The van der Waals surface area contributed by atoms with Gasteiger partial charge in [-0.05, 0) is 24.5 Å². The standard InChI is InChI=1S/C16H20O2/c1-4-14(6-5-7-16(17)18-3)12-15-10-8-13(2)9-11-15/h5-6,8-12H,4,7H2,1-3H3/b6-5+,14-12+. The lowest BCUT2D eigenvalue weighted by Crippen LogP contribution is -1.96. The molecule has 0 aliphatic rings. The minimum atomic E-state index is -0.211. The second-order valence-corrected chi connectivity index (χ2v) is 4.17. The largest absolute Gasteiger partial charge is 0.469 e. The molecule has 1 aromatic rings. The van der Waals surface area contributed by atoms with Crippen molar-refractivity contribution in [3.05, 3.63) is 53.1 Å². The second-order valence-electron chi connectivity index (χ2n) is 4.17. The zero-order valence-corrected chi connectivity index (χ0v) is 11.3. The number of aryl methyl sites for hydroxylation is 1. The van der Waals surface area contributed by atoms with Crippen molar-refractivity contribution in [2.75, 3.05) is 7.11 Å². The Morgan fingerprint density at radius 3 is 2.50 bits per heavy atom. The Morgan fingerprint density at radius 1 is 1.28 bits per heavy atom. The van der Waals surface area contributed by atoms with Gasteiger partial charge in [-0.2, -0.15) is 0 Å². The van der Waals surface area contributed by atoms with E-state index in [2.05, 4.69) is 48.9 Å². The van der Waals surface area contributed by atoms with Crippen molar-refractivity contribution in [2.24, 2.45) is 0 Å². The topological polar surface area (TPSA) is 26.3 Å². The molecule has 0 saturated carbocycles. The minimum absolute atomic E-state index is 0.211. The molecule has 0 saturated heterocycles. The highest BCUT2D eigenvalue weighted by Gasteiger charge is 1.95. The minimum Gasteiger partial charge on any atom is -0.469 e. The van der Waals surface area contributed by atoms with Gasteiger partial charge in [0.05, 0.1) is 13.5 Å². The highest BCUT2D eigenvalue weighted by Crippen LogP contribution is 2.12. The van der Waals surface area contributed by atoms with Crippen LogP contribution in [0.15, 0.2) is 42.0 Å². The monoisotopic (exact) mass is 244 g/mol. The van der Waals surface area contributed by atoms with E-state index in [4.69, 9.17) is 0 Å². The Kier molecular flexibility index (Phi) is 5.92. The molecule has 0 radical (unpaired) electrons. The first kappa shape index (κ1) is 14.2. The maximum absolute atomic E-state index is 11.0. The fraction of sp³-hybridized carbons (Fsp3) is 0.312. The van der Waals surface area contributed by atoms with Crippen molar-refractivity contribution < 1.29 is 9.53 Å². The summed E-state index contributed by atoms with van der Waals surface area (Å²) in [7, 11) is 1.40. The molecule has 0 bridgehead atoms. The highest BCUT2D eigenvalue weighted by atomic mass is 16.5. The Labute approximate surface area is 109 Å². The van der Waals surface area contributed by atoms with Crippen molar-refractivity contribution in [3.63, 3.8) is 0 Å². The average Bonchev–Trinajstić information content (AvgIpc) is 2.39. The molecule has 96 valence electrons. The smallest absolute Gasteiger partial charge is 0.309 e. The van der Waals surface area contributed by atoms with Gasteiger partial charge in [0, 0.05) is 0 Å². The molecule has 2 nitrogen and oxygen atoms in total. The van der Waals surface area contributed by atoms with E-state index in [1.54, 1.807) is 0 Å². The van der Waals surface area contributed by atoms with E-state index in [-0.39, 0.29) is 5.97 Å². The first-order valence-corrected chi connectivity index (χ1v) is 6.16. The van der Waals surface area contributed by atoms with Gasteiger partial charge in [0.1, 0.15) is 0 Å². The van der Waals surface area contributed by atoms with E-state index in [1.807, 2.05) is 12.2 Å².